The zero-order valence-electron chi connectivity index (χ0n) is 10.9. The molecule has 3 N–H and O–H groups in total. The summed E-state index contributed by atoms with van der Waals surface area (Å²) in [6.45, 7) is 1.82. The lowest BCUT2D eigenvalue weighted by Gasteiger charge is -2.10. The van der Waals surface area contributed by atoms with Crippen molar-refractivity contribution in [3.8, 4) is 12.3 Å². The van der Waals surface area contributed by atoms with Crippen LogP contribution in [0.2, 0.25) is 0 Å². The first kappa shape index (κ1) is 14.0. The van der Waals surface area contributed by atoms with Crippen LogP contribution in [0.25, 0.3) is 0 Å². The Hall–Kier alpha value is -2.45. The standard InChI is InChI=1S/C15H14N2O2S/c1-3-12-5-4-6-13(9-12)17-20(18,19)14-8-7-11(2)15(16)10-14/h1,4-10,17H,16H2,2H3. The van der Waals surface area contributed by atoms with E-state index in [-0.39, 0.29) is 4.90 Å². The van der Waals surface area contributed by atoms with Crippen LogP contribution >= 0.6 is 0 Å². The predicted octanol–water partition coefficient (Wildman–Crippen LogP) is 2.36. The Balaban J connectivity index is 2.35. The van der Waals surface area contributed by atoms with Gasteiger partial charge in [-0.15, -0.1) is 6.42 Å². The highest BCUT2D eigenvalue weighted by molar-refractivity contribution is 7.92. The van der Waals surface area contributed by atoms with E-state index in [4.69, 9.17) is 12.2 Å². The molecule has 0 saturated heterocycles. The van der Waals surface area contributed by atoms with Gasteiger partial charge in [-0.2, -0.15) is 0 Å². The number of hydrogen-bond donors (Lipinski definition) is 2. The van der Waals surface area contributed by atoms with Gasteiger partial charge in [0.1, 0.15) is 0 Å². The Kier molecular flexibility index (Phi) is 3.68. The fourth-order valence-corrected chi connectivity index (χ4v) is 2.76. The Morgan fingerprint density at radius 2 is 1.95 bits per heavy atom. The number of rotatable bonds is 3. The molecular formula is C15H14N2O2S. The Bertz CT molecular complexity index is 790. The number of terminal acetylenes is 1. The van der Waals surface area contributed by atoms with Gasteiger partial charge in [0, 0.05) is 11.3 Å². The summed E-state index contributed by atoms with van der Waals surface area (Å²) in [5.74, 6) is 2.45. The van der Waals surface area contributed by atoms with Crippen molar-refractivity contribution < 1.29 is 8.42 Å². The summed E-state index contributed by atoms with van der Waals surface area (Å²) < 4.78 is 27.0. The quantitative estimate of drug-likeness (QED) is 0.672. The Morgan fingerprint density at radius 1 is 1.20 bits per heavy atom. The Labute approximate surface area is 118 Å². The van der Waals surface area contributed by atoms with Crippen molar-refractivity contribution in [2.24, 2.45) is 0 Å². The van der Waals surface area contributed by atoms with E-state index < -0.39 is 10.0 Å². The molecule has 0 fully saturated rings. The highest BCUT2D eigenvalue weighted by Gasteiger charge is 2.15. The van der Waals surface area contributed by atoms with Crippen molar-refractivity contribution in [3.05, 3.63) is 53.6 Å². The molecule has 0 aliphatic heterocycles. The SMILES string of the molecule is C#Cc1cccc(NS(=O)(=O)c2ccc(C)c(N)c2)c1. The number of sulfonamides is 1. The minimum Gasteiger partial charge on any atom is -0.398 e. The lowest BCUT2D eigenvalue weighted by Crippen LogP contribution is -2.13. The van der Waals surface area contributed by atoms with Crippen molar-refractivity contribution in [2.45, 2.75) is 11.8 Å². The molecule has 0 amide bonds. The maximum atomic E-state index is 12.2. The van der Waals surface area contributed by atoms with Crippen LogP contribution in [0.15, 0.2) is 47.4 Å². The molecule has 0 aliphatic rings. The van der Waals surface area contributed by atoms with E-state index in [1.165, 1.54) is 12.1 Å². The Morgan fingerprint density at radius 3 is 2.60 bits per heavy atom. The molecular weight excluding hydrogens is 272 g/mol. The number of nitrogen functional groups attached to an aromatic ring is 1. The van der Waals surface area contributed by atoms with Crippen molar-refractivity contribution in [3.63, 3.8) is 0 Å². The monoisotopic (exact) mass is 286 g/mol. The molecule has 0 bridgehead atoms. The van der Waals surface area contributed by atoms with E-state index in [1.807, 2.05) is 6.92 Å². The third-order valence-electron chi connectivity index (χ3n) is 2.84. The summed E-state index contributed by atoms with van der Waals surface area (Å²) >= 11 is 0. The first-order valence-electron chi connectivity index (χ1n) is 5.88. The van der Waals surface area contributed by atoms with Crippen molar-refractivity contribution in [1.29, 1.82) is 0 Å². The summed E-state index contributed by atoms with van der Waals surface area (Å²) in [5.41, 5.74) is 8.03. The van der Waals surface area contributed by atoms with Crippen LogP contribution < -0.4 is 10.5 Å². The minimum absolute atomic E-state index is 0.117. The molecule has 20 heavy (non-hydrogen) atoms. The van der Waals surface area contributed by atoms with E-state index in [9.17, 15) is 8.42 Å². The topological polar surface area (TPSA) is 72.2 Å². The number of hydrogen-bond acceptors (Lipinski definition) is 3. The van der Waals surface area contributed by atoms with Crippen LogP contribution in [-0.4, -0.2) is 8.42 Å². The summed E-state index contributed by atoms with van der Waals surface area (Å²) in [6.07, 6.45) is 5.29. The van der Waals surface area contributed by atoms with Crippen molar-refractivity contribution in [1.82, 2.24) is 0 Å². The van der Waals surface area contributed by atoms with E-state index >= 15 is 0 Å². The summed E-state index contributed by atoms with van der Waals surface area (Å²) in [6, 6.07) is 11.3. The van der Waals surface area contributed by atoms with Gasteiger partial charge in [0.05, 0.1) is 10.6 Å². The molecule has 0 saturated carbocycles. The maximum Gasteiger partial charge on any atom is 0.261 e. The van der Waals surface area contributed by atoms with Crippen LogP contribution in [0.5, 0.6) is 0 Å². The largest absolute Gasteiger partial charge is 0.398 e. The van der Waals surface area contributed by atoms with Crippen LogP contribution in [-0.2, 0) is 10.0 Å². The molecule has 2 rings (SSSR count). The molecule has 102 valence electrons. The summed E-state index contributed by atoms with van der Waals surface area (Å²) in [5, 5.41) is 0. The lowest BCUT2D eigenvalue weighted by molar-refractivity contribution is 0.601. The first-order valence-corrected chi connectivity index (χ1v) is 7.36. The summed E-state index contributed by atoms with van der Waals surface area (Å²) in [7, 11) is -3.68. The third-order valence-corrected chi connectivity index (χ3v) is 4.22. The van der Waals surface area contributed by atoms with Crippen molar-refractivity contribution >= 4 is 21.4 Å². The van der Waals surface area contributed by atoms with Crippen LogP contribution in [0.3, 0.4) is 0 Å². The predicted molar refractivity (Wildman–Crippen MR) is 80.8 cm³/mol. The molecule has 0 unspecified atom stereocenters. The van der Waals surface area contributed by atoms with Crippen LogP contribution in [0.4, 0.5) is 11.4 Å². The van der Waals surface area contributed by atoms with E-state index in [1.54, 1.807) is 30.3 Å². The fourth-order valence-electron chi connectivity index (χ4n) is 1.67. The normalized spacial score (nSPS) is 10.8. The number of aryl methyl sites for hydroxylation is 1. The fraction of sp³-hybridized carbons (Fsp3) is 0.0667. The maximum absolute atomic E-state index is 12.2. The number of nitrogens with two attached hydrogens (primary N) is 1. The zero-order valence-corrected chi connectivity index (χ0v) is 11.7. The van der Waals surface area contributed by atoms with Gasteiger partial charge in [-0.3, -0.25) is 4.72 Å². The molecule has 5 heteroatoms. The van der Waals surface area contributed by atoms with Gasteiger partial charge in [0.25, 0.3) is 10.0 Å². The highest BCUT2D eigenvalue weighted by Crippen LogP contribution is 2.20. The molecule has 0 heterocycles. The number of anilines is 2. The second-order valence-electron chi connectivity index (χ2n) is 4.35. The number of nitrogens with one attached hydrogen (secondary N) is 1. The van der Waals surface area contributed by atoms with Crippen LogP contribution in [0, 0.1) is 19.3 Å². The average molecular weight is 286 g/mol. The van der Waals surface area contributed by atoms with E-state index in [0.29, 0.717) is 16.9 Å². The van der Waals surface area contributed by atoms with Gasteiger partial charge in [-0.1, -0.05) is 18.1 Å². The highest BCUT2D eigenvalue weighted by atomic mass is 32.2. The second-order valence-corrected chi connectivity index (χ2v) is 6.03. The van der Waals surface area contributed by atoms with Gasteiger partial charge < -0.3 is 5.73 Å². The van der Waals surface area contributed by atoms with Gasteiger partial charge in [0.2, 0.25) is 0 Å². The molecule has 0 aromatic heterocycles. The zero-order chi connectivity index (χ0) is 14.8. The molecule has 0 spiro atoms. The third kappa shape index (κ3) is 2.92. The first-order chi connectivity index (χ1) is 9.42. The van der Waals surface area contributed by atoms with E-state index in [2.05, 4.69) is 10.6 Å². The molecule has 2 aromatic carbocycles. The van der Waals surface area contributed by atoms with Gasteiger partial charge >= 0.3 is 0 Å². The van der Waals surface area contributed by atoms with E-state index in [0.717, 1.165) is 5.56 Å². The minimum atomic E-state index is -3.68. The molecule has 0 radical (unpaired) electrons. The second kappa shape index (κ2) is 5.27. The molecule has 2 aromatic rings. The van der Waals surface area contributed by atoms with Gasteiger partial charge in [-0.25, -0.2) is 8.42 Å². The van der Waals surface area contributed by atoms with Crippen molar-refractivity contribution in [2.75, 3.05) is 10.5 Å². The van der Waals surface area contributed by atoms with Crippen LogP contribution in [0.1, 0.15) is 11.1 Å². The molecule has 0 atom stereocenters. The molecule has 4 nitrogen and oxygen atoms in total. The molecule has 0 aliphatic carbocycles. The van der Waals surface area contributed by atoms with Gasteiger partial charge in [0.15, 0.2) is 0 Å². The lowest BCUT2D eigenvalue weighted by atomic mass is 10.2. The van der Waals surface area contributed by atoms with Gasteiger partial charge in [-0.05, 0) is 42.8 Å². The smallest absolute Gasteiger partial charge is 0.261 e. The number of benzene rings is 2. The average Bonchev–Trinajstić information content (AvgIpc) is 2.41. The summed E-state index contributed by atoms with van der Waals surface area (Å²) in [4.78, 5) is 0.117.